The lowest BCUT2D eigenvalue weighted by atomic mass is 9.84. The van der Waals surface area contributed by atoms with Crippen molar-refractivity contribution in [1.29, 1.82) is 0 Å². The average molecular weight is 401 g/mol. The van der Waals surface area contributed by atoms with Gasteiger partial charge in [0.25, 0.3) is 5.91 Å². The maximum atomic E-state index is 12.5. The molecule has 1 saturated heterocycles. The molecule has 4 nitrogen and oxygen atoms in total. The number of carbonyl (C=O) groups excluding carboxylic acids is 2. The van der Waals surface area contributed by atoms with Crippen molar-refractivity contribution < 1.29 is 9.59 Å². The molecule has 2 N–H and O–H groups in total. The largest absolute Gasteiger partial charge is 0.322 e. The van der Waals surface area contributed by atoms with E-state index in [9.17, 15) is 9.59 Å². The molecular formula is C25H40N2O2. The van der Waals surface area contributed by atoms with Gasteiger partial charge < -0.3 is 5.32 Å². The Balaban J connectivity index is 1.55. The van der Waals surface area contributed by atoms with Crippen LogP contribution in [0.15, 0.2) is 30.3 Å². The van der Waals surface area contributed by atoms with Gasteiger partial charge in [0, 0.05) is 0 Å². The van der Waals surface area contributed by atoms with E-state index in [-0.39, 0.29) is 11.9 Å². The summed E-state index contributed by atoms with van der Waals surface area (Å²) in [5, 5.41) is 5.30. The van der Waals surface area contributed by atoms with E-state index in [1.165, 1.54) is 77.0 Å². The number of urea groups is 1. The van der Waals surface area contributed by atoms with Crippen LogP contribution in [0.3, 0.4) is 0 Å². The standard InChI is InChI=1S/C25H40N2O2/c1-2-3-4-5-6-7-8-9-10-11-12-13-14-18-21-25(22-19-16-15-17-20-22)23(28)26-24(29)27-25/h15-17,19-20H,2-14,18,21H2,1H3,(H2,26,27,28,29). The van der Waals surface area contributed by atoms with E-state index in [4.69, 9.17) is 0 Å². The molecule has 1 aliphatic heterocycles. The number of imide groups is 1. The van der Waals surface area contributed by atoms with Crippen LogP contribution in [-0.4, -0.2) is 11.9 Å². The van der Waals surface area contributed by atoms with Crippen LogP contribution < -0.4 is 10.6 Å². The van der Waals surface area contributed by atoms with Gasteiger partial charge >= 0.3 is 6.03 Å². The summed E-state index contributed by atoms with van der Waals surface area (Å²) in [6.07, 6.45) is 19.0. The molecule has 1 aromatic rings. The first-order valence-corrected chi connectivity index (χ1v) is 11.9. The van der Waals surface area contributed by atoms with E-state index < -0.39 is 5.54 Å². The van der Waals surface area contributed by atoms with Crippen LogP contribution in [-0.2, 0) is 10.3 Å². The topological polar surface area (TPSA) is 58.2 Å². The van der Waals surface area contributed by atoms with Crippen LogP contribution in [0.25, 0.3) is 0 Å². The third-order valence-corrected chi connectivity index (χ3v) is 6.11. The van der Waals surface area contributed by atoms with E-state index in [0.29, 0.717) is 6.42 Å². The zero-order valence-corrected chi connectivity index (χ0v) is 18.3. The summed E-state index contributed by atoms with van der Waals surface area (Å²) in [7, 11) is 0. The molecule has 0 spiro atoms. The predicted octanol–water partition coefficient (Wildman–Crippen LogP) is 6.59. The molecule has 0 saturated carbocycles. The van der Waals surface area contributed by atoms with Crippen molar-refractivity contribution >= 4 is 11.9 Å². The number of carbonyl (C=O) groups is 2. The van der Waals surface area contributed by atoms with Gasteiger partial charge in [0.15, 0.2) is 0 Å². The fourth-order valence-corrected chi connectivity index (χ4v) is 4.32. The molecular weight excluding hydrogens is 360 g/mol. The van der Waals surface area contributed by atoms with Crippen LogP contribution in [0.4, 0.5) is 4.79 Å². The lowest BCUT2D eigenvalue weighted by Gasteiger charge is -2.26. The highest BCUT2D eigenvalue weighted by atomic mass is 16.2. The van der Waals surface area contributed by atoms with E-state index in [0.717, 1.165) is 18.4 Å². The second-order valence-corrected chi connectivity index (χ2v) is 8.53. The Labute approximate surface area is 177 Å². The molecule has 0 aromatic heterocycles. The Morgan fingerprint density at radius 2 is 1.17 bits per heavy atom. The SMILES string of the molecule is CCCCCCCCCCCCCCCCC1(c2ccccc2)NC(=O)NC1=O. The van der Waals surface area contributed by atoms with E-state index in [1.807, 2.05) is 30.3 Å². The first-order valence-electron chi connectivity index (χ1n) is 11.9. The normalized spacial score (nSPS) is 18.7. The summed E-state index contributed by atoms with van der Waals surface area (Å²) in [5.41, 5.74) is -0.0202. The maximum Gasteiger partial charge on any atom is 0.322 e. The van der Waals surface area contributed by atoms with Gasteiger partial charge in [-0.25, -0.2) is 4.79 Å². The maximum absolute atomic E-state index is 12.5. The summed E-state index contributed by atoms with van der Waals surface area (Å²) in [6, 6.07) is 9.23. The summed E-state index contributed by atoms with van der Waals surface area (Å²) in [5.74, 6) is -0.219. The first kappa shape index (κ1) is 23.4. The quantitative estimate of drug-likeness (QED) is 0.243. The molecule has 29 heavy (non-hydrogen) atoms. The average Bonchev–Trinajstić information content (AvgIpc) is 3.03. The van der Waals surface area contributed by atoms with Gasteiger partial charge in [0.1, 0.15) is 5.54 Å². The monoisotopic (exact) mass is 400 g/mol. The van der Waals surface area contributed by atoms with Gasteiger partial charge in [-0.3, -0.25) is 10.1 Å². The zero-order chi connectivity index (χ0) is 20.8. The highest BCUT2D eigenvalue weighted by Gasteiger charge is 2.46. The molecule has 0 radical (unpaired) electrons. The number of benzene rings is 1. The molecule has 0 aliphatic carbocycles. The Morgan fingerprint density at radius 1 is 0.690 bits per heavy atom. The fraction of sp³-hybridized carbons (Fsp3) is 0.680. The van der Waals surface area contributed by atoms with Crippen molar-refractivity contribution in [2.75, 3.05) is 0 Å². The fourth-order valence-electron chi connectivity index (χ4n) is 4.32. The second kappa shape index (κ2) is 13.4. The molecule has 1 unspecified atom stereocenters. The van der Waals surface area contributed by atoms with E-state index in [1.54, 1.807) is 0 Å². The third kappa shape index (κ3) is 7.83. The minimum Gasteiger partial charge on any atom is -0.319 e. The number of nitrogens with one attached hydrogen (secondary N) is 2. The van der Waals surface area contributed by atoms with Crippen molar-refractivity contribution in [3.63, 3.8) is 0 Å². The molecule has 1 fully saturated rings. The smallest absolute Gasteiger partial charge is 0.319 e. The number of amides is 3. The van der Waals surface area contributed by atoms with Crippen molar-refractivity contribution in [2.24, 2.45) is 0 Å². The third-order valence-electron chi connectivity index (χ3n) is 6.11. The molecule has 2 rings (SSSR count). The Hall–Kier alpha value is -1.84. The molecule has 162 valence electrons. The van der Waals surface area contributed by atoms with Crippen LogP contribution in [0.2, 0.25) is 0 Å². The summed E-state index contributed by atoms with van der Waals surface area (Å²) in [6.45, 7) is 2.27. The van der Waals surface area contributed by atoms with Crippen LogP contribution in [0.5, 0.6) is 0 Å². The van der Waals surface area contributed by atoms with Gasteiger partial charge in [0.05, 0.1) is 0 Å². The Morgan fingerprint density at radius 3 is 1.62 bits per heavy atom. The molecule has 1 heterocycles. The summed E-state index contributed by atoms with van der Waals surface area (Å²) in [4.78, 5) is 24.2. The lowest BCUT2D eigenvalue weighted by molar-refractivity contribution is -0.124. The highest BCUT2D eigenvalue weighted by Crippen LogP contribution is 2.31. The van der Waals surface area contributed by atoms with E-state index in [2.05, 4.69) is 17.6 Å². The van der Waals surface area contributed by atoms with E-state index >= 15 is 0 Å². The predicted molar refractivity (Wildman–Crippen MR) is 120 cm³/mol. The molecule has 1 aromatic carbocycles. The molecule has 3 amide bonds. The number of hydrogen-bond donors (Lipinski definition) is 2. The molecule has 0 bridgehead atoms. The number of unbranched alkanes of at least 4 members (excludes halogenated alkanes) is 13. The highest BCUT2D eigenvalue weighted by molar-refractivity contribution is 6.07. The second-order valence-electron chi connectivity index (χ2n) is 8.53. The van der Waals surface area contributed by atoms with Crippen LogP contribution in [0, 0.1) is 0 Å². The lowest BCUT2D eigenvalue weighted by Crippen LogP contribution is -2.43. The van der Waals surface area contributed by atoms with Crippen LogP contribution in [0.1, 0.15) is 109 Å². The van der Waals surface area contributed by atoms with Crippen molar-refractivity contribution in [1.82, 2.24) is 10.6 Å². The minimum absolute atomic E-state index is 0.219. The summed E-state index contributed by atoms with van der Waals surface area (Å²) < 4.78 is 0. The van der Waals surface area contributed by atoms with Gasteiger partial charge in [0.2, 0.25) is 0 Å². The minimum atomic E-state index is -0.893. The molecule has 4 heteroatoms. The van der Waals surface area contributed by atoms with Crippen molar-refractivity contribution in [3.05, 3.63) is 35.9 Å². The Kier molecular flexibility index (Phi) is 10.8. The first-order chi connectivity index (χ1) is 14.2. The van der Waals surface area contributed by atoms with Crippen molar-refractivity contribution in [2.45, 2.75) is 109 Å². The molecule has 1 aliphatic rings. The van der Waals surface area contributed by atoms with Gasteiger partial charge in [-0.1, -0.05) is 127 Å². The van der Waals surface area contributed by atoms with Gasteiger partial charge in [-0.05, 0) is 12.0 Å². The van der Waals surface area contributed by atoms with Crippen molar-refractivity contribution in [3.8, 4) is 0 Å². The molecule has 1 atom stereocenters. The Bertz CT molecular complexity index is 602. The van der Waals surface area contributed by atoms with Gasteiger partial charge in [-0.2, -0.15) is 0 Å². The van der Waals surface area contributed by atoms with Crippen LogP contribution >= 0.6 is 0 Å². The number of rotatable bonds is 16. The number of hydrogen-bond acceptors (Lipinski definition) is 2. The summed E-state index contributed by atoms with van der Waals surface area (Å²) >= 11 is 0. The van der Waals surface area contributed by atoms with Gasteiger partial charge in [-0.15, -0.1) is 0 Å². The zero-order valence-electron chi connectivity index (χ0n) is 18.3.